The van der Waals surface area contributed by atoms with E-state index in [1.165, 1.54) is 0 Å². The lowest BCUT2D eigenvalue weighted by atomic mass is 10.0. The predicted molar refractivity (Wildman–Crippen MR) is 75.2 cm³/mol. The molecule has 1 aromatic carbocycles. The zero-order valence-corrected chi connectivity index (χ0v) is 12.7. The average molecular weight is 338 g/mol. The van der Waals surface area contributed by atoms with Crippen LogP contribution in [0, 0.1) is 0 Å². The highest BCUT2D eigenvalue weighted by Gasteiger charge is 2.30. The molecule has 0 bridgehead atoms. The second-order valence-corrected chi connectivity index (χ2v) is 5.42. The van der Waals surface area contributed by atoms with Gasteiger partial charge < -0.3 is 5.32 Å². The molecule has 0 fully saturated rings. The molecule has 0 aliphatic carbocycles. The van der Waals surface area contributed by atoms with Crippen molar-refractivity contribution in [1.29, 1.82) is 0 Å². The van der Waals surface area contributed by atoms with Crippen molar-refractivity contribution in [3.8, 4) is 0 Å². The fraction of sp³-hybridized carbons (Fsp3) is 0.571. The van der Waals surface area contributed by atoms with Gasteiger partial charge in [-0.1, -0.05) is 35.8 Å². The summed E-state index contributed by atoms with van der Waals surface area (Å²) in [6.45, 7) is 5.09. The first-order valence-electron chi connectivity index (χ1n) is 6.47. The first kappa shape index (κ1) is 16.5. The van der Waals surface area contributed by atoms with Gasteiger partial charge in [0, 0.05) is 10.5 Å². The third kappa shape index (κ3) is 5.15. The topological polar surface area (TPSA) is 12.0 Å². The van der Waals surface area contributed by atoms with Crippen molar-refractivity contribution in [1.82, 2.24) is 5.32 Å². The van der Waals surface area contributed by atoms with Gasteiger partial charge in [-0.2, -0.15) is 13.2 Å². The molecular weight excluding hydrogens is 319 g/mol. The smallest absolute Gasteiger partial charge is 0.314 e. The van der Waals surface area contributed by atoms with Crippen molar-refractivity contribution in [2.45, 2.75) is 45.3 Å². The van der Waals surface area contributed by atoms with Crippen LogP contribution in [-0.2, 0) is 12.6 Å². The van der Waals surface area contributed by atoms with Crippen LogP contribution in [0.25, 0.3) is 0 Å². The predicted octanol–water partition coefficient (Wildman–Crippen LogP) is 4.79. The number of benzene rings is 1. The maximum atomic E-state index is 12.6. The van der Waals surface area contributed by atoms with Gasteiger partial charge >= 0.3 is 6.18 Å². The summed E-state index contributed by atoms with van der Waals surface area (Å²) in [6, 6.07) is 4.16. The standard InChI is InChI=1S/C14H19BrF3N/c1-3-7-19-12(4-2)8-10-5-6-11(9-13(10)15)14(16,17)18/h5-6,9,12,19H,3-4,7-8H2,1-2H3. The van der Waals surface area contributed by atoms with Gasteiger partial charge in [-0.05, 0) is 43.5 Å². The molecule has 0 aliphatic rings. The minimum absolute atomic E-state index is 0.299. The van der Waals surface area contributed by atoms with Crippen LogP contribution in [0.2, 0.25) is 0 Å². The number of nitrogens with one attached hydrogen (secondary N) is 1. The summed E-state index contributed by atoms with van der Waals surface area (Å²) in [5.41, 5.74) is 0.293. The van der Waals surface area contributed by atoms with Gasteiger partial charge in [-0.15, -0.1) is 0 Å². The van der Waals surface area contributed by atoms with E-state index in [1.807, 2.05) is 0 Å². The molecule has 19 heavy (non-hydrogen) atoms. The van der Waals surface area contributed by atoms with E-state index >= 15 is 0 Å². The third-order valence-corrected chi connectivity index (χ3v) is 3.76. The number of hydrogen-bond acceptors (Lipinski definition) is 1. The highest BCUT2D eigenvalue weighted by atomic mass is 79.9. The highest BCUT2D eigenvalue weighted by molar-refractivity contribution is 9.10. The van der Waals surface area contributed by atoms with Gasteiger partial charge in [0.1, 0.15) is 0 Å². The fourth-order valence-electron chi connectivity index (χ4n) is 1.86. The Morgan fingerprint density at radius 3 is 2.42 bits per heavy atom. The maximum absolute atomic E-state index is 12.6. The molecule has 0 amide bonds. The highest BCUT2D eigenvalue weighted by Crippen LogP contribution is 2.32. The van der Waals surface area contributed by atoms with Crippen LogP contribution in [0.4, 0.5) is 13.2 Å². The van der Waals surface area contributed by atoms with Crippen molar-refractivity contribution in [3.05, 3.63) is 33.8 Å². The second kappa shape index (κ2) is 7.29. The second-order valence-electron chi connectivity index (χ2n) is 4.57. The molecule has 1 rings (SSSR count). The Bertz CT molecular complexity index is 404. The maximum Gasteiger partial charge on any atom is 0.416 e. The third-order valence-electron chi connectivity index (χ3n) is 3.02. The largest absolute Gasteiger partial charge is 0.416 e. The quantitative estimate of drug-likeness (QED) is 0.786. The van der Waals surface area contributed by atoms with E-state index in [0.29, 0.717) is 10.5 Å². The van der Waals surface area contributed by atoms with E-state index in [0.717, 1.165) is 43.5 Å². The Kier molecular flexibility index (Phi) is 6.33. The number of alkyl halides is 3. The van der Waals surface area contributed by atoms with Crippen LogP contribution < -0.4 is 5.32 Å². The number of halogens is 4. The summed E-state index contributed by atoms with van der Waals surface area (Å²) in [4.78, 5) is 0. The molecule has 1 aromatic rings. The molecule has 0 aliphatic heterocycles. The molecule has 0 spiro atoms. The summed E-state index contributed by atoms with van der Waals surface area (Å²) in [6.07, 6.45) is -1.56. The van der Waals surface area contributed by atoms with Gasteiger partial charge in [0.05, 0.1) is 5.56 Å². The number of rotatable bonds is 6. The van der Waals surface area contributed by atoms with Crippen LogP contribution in [0.15, 0.2) is 22.7 Å². The van der Waals surface area contributed by atoms with Crippen LogP contribution >= 0.6 is 15.9 Å². The van der Waals surface area contributed by atoms with Crippen LogP contribution in [-0.4, -0.2) is 12.6 Å². The zero-order chi connectivity index (χ0) is 14.5. The summed E-state index contributed by atoms with van der Waals surface area (Å²) in [5.74, 6) is 0. The van der Waals surface area contributed by atoms with E-state index in [9.17, 15) is 13.2 Å². The van der Waals surface area contributed by atoms with E-state index in [1.54, 1.807) is 6.07 Å². The molecule has 1 N–H and O–H groups in total. The molecule has 0 saturated heterocycles. The lowest BCUT2D eigenvalue weighted by Gasteiger charge is -2.18. The van der Waals surface area contributed by atoms with Crippen molar-refractivity contribution in [2.24, 2.45) is 0 Å². The summed E-state index contributed by atoms with van der Waals surface area (Å²) in [5, 5.41) is 3.40. The fourth-order valence-corrected chi connectivity index (χ4v) is 2.40. The first-order valence-corrected chi connectivity index (χ1v) is 7.26. The first-order chi connectivity index (χ1) is 8.88. The molecule has 0 saturated carbocycles. The average Bonchev–Trinajstić information content (AvgIpc) is 2.35. The van der Waals surface area contributed by atoms with Crippen molar-refractivity contribution >= 4 is 15.9 Å². The van der Waals surface area contributed by atoms with E-state index in [4.69, 9.17) is 0 Å². The van der Waals surface area contributed by atoms with Gasteiger partial charge in [0.2, 0.25) is 0 Å². The Morgan fingerprint density at radius 2 is 1.95 bits per heavy atom. The monoisotopic (exact) mass is 337 g/mol. The van der Waals surface area contributed by atoms with Gasteiger partial charge in [0.15, 0.2) is 0 Å². The minimum Gasteiger partial charge on any atom is -0.314 e. The Balaban J connectivity index is 2.79. The molecular formula is C14H19BrF3N. The minimum atomic E-state index is -4.29. The summed E-state index contributed by atoms with van der Waals surface area (Å²) < 4.78 is 38.2. The molecule has 1 atom stereocenters. The van der Waals surface area contributed by atoms with Crippen molar-refractivity contribution in [3.63, 3.8) is 0 Å². The van der Waals surface area contributed by atoms with E-state index in [-0.39, 0.29) is 0 Å². The Hall–Kier alpha value is -0.550. The molecule has 0 radical (unpaired) electrons. The van der Waals surface area contributed by atoms with Crippen molar-refractivity contribution in [2.75, 3.05) is 6.54 Å². The lowest BCUT2D eigenvalue weighted by molar-refractivity contribution is -0.137. The van der Waals surface area contributed by atoms with Crippen LogP contribution in [0.5, 0.6) is 0 Å². The summed E-state index contributed by atoms with van der Waals surface area (Å²) >= 11 is 3.24. The van der Waals surface area contributed by atoms with Crippen LogP contribution in [0.3, 0.4) is 0 Å². The normalized spacial score (nSPS) is 13.6. The van der Waals surface area contributed by atoms with E-state index in [2.05, 4.69) is 35.1 Å². The van der Waals surface area contributed by atoms with Crippen LogP contribution in [0.1, 0.15) is 37.8 Å². The SMILES string of the molecule is CCCNC(CC)Cc1ccc(C(F)(F)F)cc1Br. The van der Waals surface area contributed by atoms with Gasteiger partial charge in [-0.25, -0.2) is 0 Å². The molecule has 5 heteroatoms. The molecule has 0 heterocycles. The van der Waals surface area contributed by atoms with E-state index < -0.39 is 11.7 Å². The van der Waals surface area contributed by atoms with Gasteiger partial charge in [0.25, 0.3) is 0 Å². The Morgan fingerprint density at radius 1 is 1.26 bits per heavy atom. The van der Waals surface area contributed by atoms with Crippen molar-refractivity contribution < 1.29 is 13.2 Å². The molecule has 0 aromatic heterocycles. The van der Waals surface area contributed by atoms with Gasteiger partial charge in [-0.3, -0.25) is 0 Å². The molecule has 108 valence electrons. The lowest BCUT2D eigenvalue weighted by Crippen LogP contribution is -2.31. The zero-order valence-electron chi connectivity index (χ0n) is 11.1. The molecule has 1 unspecified atom stereocenters. The molecule has 1 nitrogen and oxygen atoms in total. The number of hydrogen-bond donors (Lipinski definition) is 1. The summed E-state index contributed by atoms with van der Waals surface area (Å²) in [7, 11) is 0. The Labute approximate surface area is 120 Å².